The van der Waals surface area contributed by atoms with Gasteiger partial charge in [-0.1, -0.05) is 29.8 Å². The van der Waals surface area contributed by atoms with Gasteiger partial charge in [-0.25, -0.2) is 0 Å². The summed E-state index contributed by atoms with van der Waals surface area (Å²) < 4.78 is 0. The molecule has 1 unspecified atom stereocenters. The van der Waals surface area contributed by atoms with E-state index in [1.165, 1.54) is 30.9 Å². The number of hydrogen-bond donors (Lipinski definition) is 5. The highest BCUT2D eigenvalue weighted by Crippen LogP contribution is 2.48. The number of halogens is 1. The topological polar surface area (TPSA) is 222 Å². The molecule has 4 rings (SSSR count). The second-order valence-electron chi connectivity index (χ2n) is 11.6. The van der Waals surface area contributed by atoms with Crippen molar-refractivity contribution < 1.29 is 49.6 Å². The molecule has 0 amide bonds. The van der Waals surface area contributed by atoms with Gasteiger partial charge in [-0.3, -0.25) is 34.2 Å². The molecule has 1 atom stereocenters. The number of carboxylic acid groups (broad SMARTS) is 4. The second-order valence-corrected chi connectivity index (χ2v) is 12.1. The first kappa shape index (κ1) is 35.9. The van der Waals surface area contributed by atoms with Gasteiger partial charge in [-0.2, -0.15) is 0 Å². The summed E-state index contributed by atoms with van der Waals surface area (Å²) in [6.45, 7) is 5.06. The molecule has 2 aliphatic heterocycles. The average molecular weight is 687 g/mol. The second kappa shape index (κ2) is 14.8. The van der Waals surface area contributed by atoms with Gasteiger partial charge in [-0.05, 0) is 48.8 Å². The highest BCUT2D eigenvalue weighted by molar-refractivity contribution is 6.30. The Morgan fingerprint density at radius 3 is 1.83 bits per heavy atom. The molecule has 2 aromatic carbocycles. The minimum atomic E-state index is -2.29. The summed E-state index contributed by atoms with van der Waals surface area (Å²) in [4.78, 5) is 66.1. The summed E-state index contributed by atoms with van der Waals surface area (Å²) in [6.07, 6.45) is -1.13. The van der Waals surface area contributed by atoms with Crippen molar-refractivity contribution in [3.05, 3.63) is 91.8 Å². The van der Waals surface area contributed by atoms with E-state index in [4.69, 9.17) is 11.6 Å². The Kier molecular flexibility index (Phi) is 11.1. The summed E-state index contributed by atoms with van der Waals surface area (Å²) in [5.41, 5.74) is -0.278. The van der Waals surface area contributed by atoms with Gasteiger partial charge in [0.1, 0.15) is 0 Å². The van der Waals surface area contributed by atoms with Gasteiger partial charge in [0.05, 0.1) is 11.0 Å². The molecule has 0 aliphatic carbocycles. The number of carboxylic acids is 4. The standard InChI is InChI=1S/C32H35ClN4O11/c1-17-24(27(29(39)40)30(41)42)26(19-5-3-8-22(13-19)37(47)48)25(28(31(43)44)32(45)46)18(2)36(17)16-23(38)15-34-9-11-35(12-10-34)21-7-4-6-20(33)14-21/h3-8,13-14,23,26-28,38H,9-12,15-16H2,1-2H3,(H,39,40)(H,41,42)(H,43,44)(H,45,46). The maximum Gasteiger partial charge on any atom is 0.322 e. The van der Waals surface area contributed by atoms with Crippen LogP contribution in [-0.4, -0.2) is 110 Å². The third-order valence-corrected chi connectivity index (χ3v) is 8.93. The van der Waals surface area contributed by atoms with E-state index >= 15 is 0 Å². The Balaban J connectivity index is 1.75. The van der Waals surface area contributed by atoms with Crippen LogP contribution in [0.15, 0.2) is 71.1 Å². The summed E-state index contributed by atoms with van der Waals surface area (Å²) in [5.74, 6) is -13.4. The number of benzene rings is 2. The zero-order valence-corrected chi connectivity index (χ0v) is 26.8. The Hall–Kier alpha value is -4.99. The monoisotopic (exact) mass is 686 g/mol. The summed E-state index contributed by atoms with van der Waals surface area (Å²) >= 11 is 6.13. The number of β-amino-alcohol motifs (C(OH)–C–C–N with tert-alkyl or cyclic N) is 1. The first-order valence-corrected chi connectivity index (χ1v) is 15.3. The summed E-state index contributed by atoms with van der Waals surface area (Å²) in [5, 5.41) is 63.8. The normalized spacial score (nSPS) is 16.9. The van der Waals surface area contributed by atoms with Crippen molar-refractivity contribution in [2.24, 2.45) is 11.8 Å². The van der Waals surface area contributed by atoms with E-state index in [9.17, 15) is 54.8 Å². The lowest BCUT2D eigenvalue weighted by molar-refractivity contribution is -0.384. The van der Waals surface area contributed by atoms with Gasteiger partial charge in [0.2, 0.25) is 0 Å². The Bertz CT molecular complexity index is 1600. The number of non-ortho nitro benzene ring substituents is 1. The number of aliphatic hydroxyl groups excluding tert-OH is 1. The lowest BCUT2D eigenvalue weighted by Gasteiger charge is -2.43. The predicted molar refractivity (Wildman–Crippen MR) is 172 cm³/mol. The fourth-order valence-electron chi connectivity index (χ4n) is 6.52. The quantitative estimate of drug-likeness (QED) is 0.116. The van der Waals surface area contributed by atoms with Crippen LogP contribution < -0.4 is 4.90 Å². The molecule has 0 aromatic heterocycles. The van der Waals surface area contributed by atoms with Crippen molar-refractivity contribution >= 4 is 46.9 Å². The van der Waals surface area contributed by atoms with Crippen molar-refractivity contribution in [2.45, 2.75) is 25.9 Å². The summed E-state index contributed by atoms with van der Waals surface area (Å²) in [6, 6.07) is 12.1. The Morgan fingerprint density at radius 2 is 1.35 bits per heavy atom. The first-order chi connectivity index (χ1) is 22.6. The minimum Gasteiger partial charge on any atom is -0.480 e. The van der Waals surface area contributed by atoms with Crippen LogP contribution in [0.3, 0.4) is 0 Å². The van der Waals surface area contributed by atoms with Crippen molar-refractivity contribution in [3.8, 4) is 0 Å². The minimum absolute atomic E-state index is 0.0295. The van der Waals surface area contributed by atoms with Crippen molar-refractivity contribution in [1.29, 1.82) is 0 Å². The molecule has 1 saturated heterocycles. The smallest absolute Gasteiger partial charge is 0.322 e. The number of aliphatic hydroxyl groups is 1. The van der Waals surface area contributed by atoms with Gasteiger partial charge in [-0.15, -0.1) is 0 Å². The first-order valence-electron chi connectivity index (χ1n) is 14.9. The van der Waals surface area contributed by atoms with Crippen molar-refractivity contribution in [3.63, 3.8) is 0 Å². The van der Waals surface area contributed by atoms with Crippen LogP contribution in [0.2, 0.25) is 5.02 Å². The van der Waals surface area contributed by atoms with Gasteiger partial charge in [0, 0.05) is 79.4 Å². The SMILES string of the molecule is CC1=C(C(C(=O)O)C(=O)O)C(c2cccc([N+](=O)[O-])c2)C(C(C(=O)O)C(=O)O)=C(C)N1CC(O)CN1CCN(c2cccc(Cl)c2)CC1. The van der Waals surface area contributed by atoms with Crippen molar-refractivity contribution in [2.75, 3.05) is 44.2 Å². The van der Waals surface area contributed by atoms with Crippen LogP contribution >= 0.6 is 11.6 Å². The van der Waals surface area contributed by atoms with Gasteiger partial charge >= 0.3 is 23.9 Å². The summed E-state index contributed by atoms with van der Waals surface area (Å²) in [7, 11) is 0. The molecule has 256 valence electrons. The molecule has 15 nitrogen and oxygen atoms in total. The lowest BCUT2D eigenvalue weighted by Crippen LogP contribution is -2.50. The van der Waals surface area contributed by atoms with Gasteiger partial charge in [0.15, 0.2) is 11.8 Å². The third-order valence-electron chi connectivity index (χ3n) is 8.70. The molecule has 2 aromatic rings. The van der Waals surface area contributed by atoms with Crippen molar-refractivity contribution in [1.82, 2.24) is 9.80 Å². The third kappa shape index (κ3) is 7.59. The van der Waals surface area contributed by atoms with Crippen LogP contribution in [0.5, 0.6) is 0 Å². The fraction of sp³-hybridized carbons (Fsp3) is 0.375. The molecule has 0 radical (unpaired) electrons. The number of nitrogens with zero attached hydrogens (tertiary/aromatic N) is 4. The molecular formula is C32H35ClN4O11. The number of rotatable bonds is 13. The molecule has 0 bridgehead atoms. The van der Waals surface area contributed by atoms with E-state index in [0.29, 0.717) is 31.2 Å². The van der Waals surface area contributed by atoms with E-state index in [1.807, 2.05) is 23.1 Å². The van der Waals surface area contributed by atoms with Crippen LogP contribution in [0.25, 0.3) is 0 Å². The number of carbonyl (C=O) groups is 4. The molecular weight excluding hydrogens is 652 g/mol. The van der Waals surface area contributed by atoms with Crippen LogP contribution in [-0.2, 0) is 19.2 Å². The molecule has 5 N–H and O–H groups in total. The fourth-order valence-corrected chi connectivity index (χ4v) is 6.71. The number of nitro benzene ring substituents is 1. The molecule has 1 fully saturated rings. The molecule has 2 heterocycles. The number of nitro groups is 1. The van der Waals surface area contributed by atoms with Crippen LogP contribution in [0.4, 0.5) is 11.4 Å². The predicted octanol–water partition coefficient (Wildman–Crippen LogP) is 2.95. The average Bonchev–Trinajstić information content (AvgIpc) is 3.01. The zero-order chi connectivity index (χ0) is 35.4. The number of anilines is 1. The molecule has 16 heteroatoms. The molecule has 0 spiro atoms. The molecule has 0 saturated carbocycles. The number of aliphatic carboxylic acids is 4. The highest BCUT2D eigenvalue weighted by Gasteiger charge is 2.48. The van der Waals surface area contributed by atoms with E-state index in [0.717, 1.165) is 17.8 Å². The van der Waals surface area contributed by atoms with Crippen LogP contribution in [0, 0.1) is 22.0 Å². The largest absolute Gasteiger partial charge is 0.480 e. The van der Waals surface area contributed by atoms with E-state index in [-0.39, 0.29) is 41.2 Å². The Morgan fingerprint density at radius 1 is 0.833 bits per heavy atom. The number of piperazine rings is 1. The zero-order valence-electron chi connectivity index (χ0n) is 26.0. The maximum atomic E-state index is 12.4. The molecule has 48 heavy (non-hydrogen) atoms. The van der Waals surface area contributed by atoms with E-state index in [1.54, 1.807) is 6.07 Å². The highest BCUT2D eigenvalue weighted by atomic mass is 35.5. The lowest BCUT2D eigenvalue weighted by atomic mass is 9.70. The number of hydrogen-bond acceptors (Lipinski definition) is 10. The van der Waals surface area contributed by atoms with E-state index < -0.39 is 58.3 Å². The molecule has 2 aliphatic rings. The maximum absolute atomic E-state index is 12.4. The van der Waals surface area contributed by atoms with Gasteiger partial charge in [0.25, 0.3) is 5.69 Å². The number of allylic oxidation sites excluding steroid dienone is 2. The Labute approximate surface area is 279 Å². The van der Waals surface area contributed by atoms with Crippen LogP contribution in [0.1, 0.15) is 25.3 Å². The van der Waals surface area contributed by atoms with E-state index in [2.05, 4.69) is 4.90 Å². The van der Waals surface area contributed by atoms with Gasteiger partial charge < -0.3 is 35.3 Å².